The van der Waals surface area contributed by atoms with Crippen LogP contribution in [0.15, 0.2) is 18.2 Å². The summed E-state index contributed by atoms with van der Waals surface area (Å²) in [6, 6.07) is 5.63. The van der Waals surface area contributed by atoms with Crippen LogP contribution in [-0.4, -0.2) is 5.97 Å². The predicted octanol–water partition coefficient (Wildman–Crippen LogP) is 1.89. The molecule has 0 amide bonds. The first kappa shape index (κ1) is 10.6. The van der Waals surface area contributed by atoms with E-state index in [1.54, 1.807) is 0 Å². The number of aryl methyl sites for hydroxylation is 1. The smallest absolute Gasteiger partial charge is 0.302 e. The normalized spacial score (nSPS) is 9.86. The number of hydrogen-bond donors (Lipinski definition) is 1. The van der Waals surface area contributed by atoms with Gasteiger partial charge in [-0.1, -0.05) is 13.0 Å². The van der Waals surface area contributed by atoms with Crippen LogP contribution >= 0.6 is 0 Å². The van der Waals surface area contributed by atoms with Gasteiger partial charge in [0, 0.05) is 12.6 Å². The second-order valence-corrected chi connectivity index (χ2v) is 3.16. The van der Waals surface area contributed by atoms with E-state index in [0.29, 0.717) is 6.61 Å². The van der Waals surface area contributed by atoms with Crippen molar-refractivity contribution in [3.63, 3.8) is 0 Å². The lowest BCUT2D eigenvalue weighted by molar-refractivity contribution is -0.142. The molecule has 3 heteroatoms. The Hall–Kier alpha value is -1.51. The minimum atomic E-state index is -0.260. The number of nitrogens with two attached hydrogens (primary N) is 1. The number of ether oxygens (including phenoxy) is 1. The van der Waals surface area contributed by atoms with Crippen LogP contribution in [0.25, 0.3) is 0 Å². The van der Waals surface area contributed by atoms with Crippen LogP contribution in [0.1, 0.15) is 25.0 Å². The molecule has 1 aromatic carbocycles. The molecule has 0 aliphatic carbocycles. The molecule has 0 aliphatic heterocycles. The van der Waals surface area contributed by atoms with Crippen molar-refractivity contribution < 1.29 is 9.53 Å². The fraction of sp³-hybridized carbons (Fsp3) is 0.364. The molecule has 14 heavy (non-hydrogen) atoms. The summed E-state index contributed by atoms with van der Waals surface area (Å²) in [5.41, 5.74) is 8.55. The van der Waals surface area contributed by atoms with E-state index in [2.05, 4.69) is 0 Å². The highest BCUT2D eigenvalue weighted by Crippen LogP contribution is 2.15. The van der Waals surface area contributed by atoms with Crippen molar-refractivity contribution in [3.8, 4) is 0 Å². The number of rotatable bonds is 3. The molecule has 0 unspecified atom stereocenters. The van der Waals surface area contributed by atoms with Gasteiger partial charge in [0.15, 0.2) is 0 Å². The van der Waals surface area contributed by atoms with Gasteiger partial charge in [0.05, 0.1) is 0 Å². The summed E-state index contributed by atoms with van der Waals surface area (Å²) in [7, 11) is 0. The maximum atomic E-state index is 10.6. The van der Waals surface area contributed by atoms with E-state index in [0.717, 1.165) is 23.2 Å². The fourth-order valence-electron chi connectivity index (χ4n) is 1.30. The number of hydrogen-bond acceptors (Lipinski definition) is 3. The molecule has 0 saturated carbocycles. The van der Waals surface area contributed by atoms with Crippen molar-refractivity contribution >= 4 is 11.7 Å². The molecule has 0 bridgehead atoms. The number of carbonyl (C=O) groups excluding carboxylic acids is 1. The quantitative estimate of drug-likeness (QED) is 0.589. The van der Waals surface area contributed by atoms with Gasteiger partial charge >= 0.3 is 5.97 Å². The summed E-state index contributed by atoms with van der Waals surface area (Å²) in [6.45, 7) is 3.79. The minimum Gasteiger partial charge on any atom is -0.461 e. The third-order valence-electron chi connectivity index (χ3n) is 2.04. The van der Waals surface area contributed by atoms with Crippen molar-refractivity contribution in [2.24, 2.45) is 0 Å². The lowest BCUT2D eigenvalue weighted by Crippen LogP contribution is -2.02. The Balaban J connectivity index is 2.80. The molecule has 0 saturated heterocycles. The van der Waals surface area contributed by atoms with Crippen LogP contribution in [0.2, 0.25) is 0 Å². The molecule has 3 nitrogen and oxygen atoms in total. The number of nitrogen functional groups attached to an aromatic ring is 1. The van der Waals surface area contributed by atoms with Crippen molar-refractivity contribution in [2.75, 3.05) is 5.73 Å². The van der Waals surface area contributed by atoms with E-state index < -0.39 is 0 Å². The van der Waals surface area contributed by atoms with Crippen LogP contribution in [-0.2, 0) is 22.6 Å². The molecule has 1 aromatic rings. The van der Waals surface area contributed by atoms with Crippen molar-refractivity contribution in [1.29, 1.82) is 0 Å². The molecule has 0 atom stereocenters. The molecule has 0 radical (unpaired) electrons. The van der Waals surface area contributed by atoms with Gasteiger partial charge in [0.25, 0.3) is 0 Å². The Labute approximate surface area is 83.9 Å². The van der Waals surface area contributed by atoms with Crippen LogP contribution in [0.3, 0.4) is 0 Å². The van der Waals surface area contributed by atoms with E-state index in [4.69, 9.17) is 10.5 Å². The third kappa shape index (κ3) is 2.76. The Morgan fingerprint density at radius 3 is 2.71 bits per heavy atom. The van der Waals surface area contributed by atoms with Crippen molar-refractivity contribution in [1.82, 2.24) is 0 Å². The standard InChI is InChI=1S/C11H15NO2/c1-3-9-6-11(12)5-4-10(9)7-14-8(2)13/h4-6H,3,7,12H2,1-2H3. The summed E-state index contributed by atoms with van der Waals surface area (Å²) < 4.78 is 4.93. The Bertz CT molecular complexity index is 334. The van der Waals surface area contributed by atoms with E-state index in [9.17, 15) is 4.79 Å². The summed E-state index contributed by atoms with van der Waals surface area (Å²) >= 11 is 0. The first-order valence-corrected chi connectivity index (χ1v) is 4.64. The highest BCUT2D eigenvalue weighted by atomic mass is 16.5. The van der Waals surface area contributed by atoms with Crippen molar-refractivity contribution in [2.45, 2.75) is 26.9 Å². The number of benzene rings is 1. The zero-order valence-corrected chi connectivity index (χ0v) is 8.54. The monoisotopic (exact) mass is 193 g/mol. The Morgan fingerprint density at radius 1 is 1.43 bits per heavy atom. The second kappa shape index (κ2) is 4.65. The maximum absolute atomic E-state index is 10.6. The third-order valence-corrected chi connectivity index (χ3v) is 2.04. The van der Waals surface area contributed by atoms with Crippen LogP contribution in [0.5, 0.6) is 0 Å². The summed E-state index contributed by atoms with van der Waals surface area (Å²) in [5.74, 6) is -0.260. The topological polar surface area (TPSA) is 52.3 Å². The largest absolute Gasteiger partial charge is 0.461 e. The van der Waals surface area contributed by atoms with E-state index in [1.807, 2.05) is 25.1 Å². The molecule has 0 spiro atoms. The average molecular weight is 193 g/mol. The zero-order chi connectivity index (χ0) is 10.6. The summed E-state index contributed by atoms with van der Waals surface area (Å²) in [5, 5.41) is 0. The van der Waals surface area contributed by atoms with Gasteiger partial charge in [-0.25, -0.2) is 0 Å². The second-order valence-electron chi connectivity index (χ2n) is 3.16. The molecular weight excluding hydrogens is 178 g/mol. The number of anilines is 1. The zero-order valence-electron chi connectivity index (χ0n) is 8.54. The molecule has 76 valence electrons. The SMILES string of the molecule is CCc1cc(N)ccc1COC(C)=O. The lowest BCUT2D eigenvalue weighted by atomic mass is 10.1. The van der Waals surface area contributed by atoms with Gasteiger partial charge in [0.2, 0.25) is 0 Å². The van der Waals surface area contributed by atoms with E-state index >= 15 is 0 Å². The van der Waals surface area contributed by atoms with Crippen LogP contribution in [0, 0.1) is 0 Å². The Kier molecular flexibility index (Phi) is 3.51. The molecule has 0 heterocycles. The van der Waals surface area contributed by atoms with Gasteiger partial charge in [-0.2, -0.15) is 0 Å². The van der Waals surface area contributed by atoms with Crippen LogP contribution < -0.4 is 5.73 Å². The predicted molar refractivity (Wildman–Crippen MR) is 55.7 cm³/mol. The fourth-order valence-corrected chi connectivity index (χ4v) is 1.30. The molecule has 0 aliphatic rings. The molecular formula is C11H15NO2. The Morgan fingerprint density at radius 2 is 2.14 bits per heavy atom. The first-order chi connectivity index (χ1) is 6.63. The van der Waals surface area contributed by atoms with Gasteiger partial charge in [-0.05, 0) is 29.7 Å². The average Bonchev–Trinajstić information content (AvgIpc) is 2.15. The van der Waals surface area contributed by atoms with E-state index in [-0.39, 0.29) is 5.97 Å². The highest BCUT2D eigenvalue weighted by Gasteiger charge is 2.02. The molecule has 1 rings (SSSR count). The molecule has 0 fully saturated rings. The van der Waals surface area contributed by atoms with E-state index in [1.165, 1.54) is 6.92 Å². The van der Waals surface area contributed by atoms with Gasteiger partial charge in [-0.15, -0.1) is 0 Å². The number of esters is 1. The van der Waals surface area contributed by atoms with Crippen molar-refractivity contribution in [3.05, 3.63) is 29.3 Å². The first-order valence-electron chi connectivity index (χ1n) is 4.64. The van der Waals surface area contributed by atoms with Gasteiger partial charge in [0.1, 0.15) is 6.61 Å². The van der Waals surface area contributed by atoms with Gasteiger partial charge < -0.3 is 10.5 Å². The van der Waals surface area contributed by atoms with Crippen LogP contribution in [0.4, 0.5) is 5.69 Å². The highest BCUT2D eigenvalue weighted by molar-refractivity contribution is 5.66. The summed E-state index contributed by atoms with van der Waals surface area (Å²) in [4.78, 5) is 10.6. The molecule has 0 aromatic heterocycles. The number of carbonyl (C=O) groups is 1. The van der Waals surface area contributed by atoms with Gasteiger partial charge in [-0.3, -0.25) is 4.79 Å². The lowest BCUT2D eigenvalue weighted by Gasteiger charge is -2.08. The molecule has 2 N–H and O–H groups in total. The maximum Gasteiger partial charge on any atom is 0.302 e. The summed E-state index contributed by atoms with van der Waals surface area (Å²) in [6.07, 6.45) is 0.891. The minimum absolute atomic E-state index is 0.260.